The molecule has 0 radical (unpaired) electrons. The van der Waals surface area contributed by atoms with Crippen LogP contribution in [-0.4, -0.2) is 54.8 Å². The van der Waals surface area contributed by atoms with Gasteiger partial charge < -0.3 is 19.9 Å². The number of rotatable bonds is 7. The van der Waals surface area contributed by atoms with E-state index in [2.05, 4.69) is 91.5 Å². The number of imidazole rings is 1. The lowest BCUT2D eigenvalue weighted by molar-refractivity contribution is 0.343. The molecule has 2 N–H and O–H groups in total. The summed E-state index contributed by atoms with van der Waals surface area (Å²) in [6.45, 7) is 0.0400. The number of anilines is 1. The summed E-state index contributed by atoms with van der Waals surface area (Å²) in [6, 6.07) is 16.8. The summed E-state index contributed by atoms with van der Waals surface area (Å²) in [7, 11) is 8.29. The molecule has 1 heterocycles. The highest BCUT2D eigenvalue weighted by Gasteiger charge is 2.19. The highest BCUT2D eigenvalue weighted by Crippen LogP contribution is 2.35. The van der Waals surface area contributed by atoms with Crippen LogP contribution in [-0.2, 0) is 0 Å². The van der Waals surface area contributed by atoms with Gasteiger partial charge in [0.05, 0.1) is 18.0 Å². The molecular formula is C28H32N4O. The number of benzene rings is 2. The third-order valence-electron chi connectivity index (χ3n) is 5.98. The Balaban J connectivity index is 1.76. The summed E-state index contributed by atoms with van der Waals surface area (Å²) in [6.07, 6.45) is 10.0. The molecule has 0 bridgehead atoms. The number of hydrogen-bond acceptors (Lipinski definition) is 4. The molecule has 5 nitrogen and oxygen atoms in total. The Morgan fingerprint density at radius 2 is 1.58 bits per heavy atom. The third-order valence-corrected chi connectivity index (χ3v) is 5.98. The monoisotopic (exact) mass is 440 g/mol. The number of nitrogens with zero attached hydrogens (tertiary/aromatic N) is 3. The second-order valence-corrected chi connectivity index (χ2v) is 8.70. The second-order valence-electron chi connectivity index (χ2n) is 8.70. The van der Waals surface area contributed by atoms with E-state index in [9.17, 15) is 0 Å². The molecule has 33 heavy (non-hydrogen) atoms. The van der Waals surface area contributed by atoms with E-state index in [-0.39, 0.29) is 6.61 Å². The van der Waals surface area contributed by atoms with Gasteiger partial charge in [0.15, 0.2) is 0 Å². The van der Waals surface area contributed by atoms with Gasteiger partial charge in [-0.25, -0.2) is 4.98 Å². The number of aromatic amines is 1. The summed E-state index contributed by atoms with van der Waals surface area (Å²) < 4.78 is 0. The van der Waals surface area contributed by atoms with Crippen molar-refractivity contribution in [2.24, 2.45) is 0 Å². The molecule has 4 rings (SSSR count). The molecule has 0 saturated carbocycles. The third kappa shape index (κ3) is 5.10. The second kappa shape index (κ2) is 9.92. The Kier molecular flexibility index (Phi) is 6.80. The first-order chi connectivity index (χ1) is 16.0. The van der Waals surface area contributed by atoms with E-state index in [0.29, 0.717) is 0 Å². The smallest absolute Gasteiger partial charge is 0.138 e. The minimum atomic E-state index is 0.0400. The fourth-order valence-electron chi connectivity index (χ4n) is 4.01. The number of hydrogen-bond donors (Lipinski definition) is 2. The standard InChI is InChI=1S/C28H32N4O/c1-31(2)24-15-11-21(12-16-24)26-27(22-13-17-25(18-14-22)32(3)4)30-28(29-26)23-9-7-20(8-10-23)6-5-19-33/h5-13,15-17,33H,14,18-19H2,1-4H3,(H,29,30)/b6-5+. The number of nitrogens with one attached hydrogen (secondary N) is 1. The first-order valence-electron chi connectivity index (χ1n) is 11.3. The van der Waals surface area contributed by atoms with E-state index in [1.807, 2.05) is 18.2 Å². The van der Waals surface area contributed by atoms with Gasteiger partial charge in [-0.2, -0.15) is 0 Å². The number of allylic oxidation sites excluding steroid dienone is 4. The van der Waals surface area contributed by atoms with Gasteiger partial charge in [-0.15, -0.1) is 0 Å². The van der Waals surface area contributed by atoms with Crippen molar-refractivity contribution in [3.05, 3.63) is 83.7 Å². The minimum absolute atomic E-state index is 0.0400. The quantitative estimate of drug-likeness (QED) is 0.514. The van der Waals surface area contributed by atoms with E-state index in [0.717, 1.165) is 46.7 Å². The Labute approximate surface area is 196 Å². The Morgan fingerprint density at radius 3 is 2.15 bits per heavy atom. The van der Waals surface area contributed by atoms with Gasteiger partial charge in [0, 0.05) is 50.7 Å². The molecule has 0 unspecified atom stereocenters. The molecule has 5 heteroatoms. The number of aliphatic hydroxyl groups is 1. The van der Waals surface area contributed by atoms with Crippen molar-refractivity contribution >= 4 is 17.3 Å². The highest BCUT2D eigenvalue weighted by atomic mass is 16.2. The van der Waals surface area contributed by atoms with Crippen LogP contribution in [0.3, 0.4) is 0 Å². The summed E-state index contributed by atoms with van der Waals surface area (Å²) in [5, 5.41) is 9.00. The number of aliphatic hydroxyl groups excluding tert-OH is 1. The number of aromatic nitrogens is 2. The maximum absolute atomic E-state index is 9.00. The van der Waals surface area contributed by atoms with Crippen molar-refractivity contribution < 1.29 is 5.11 Å². The molecule has 3 aromatic rings. The zero-order chi connectivity index (χ0) is 23.4. The van der Waals surface area contributed by atoms with Crippen LogP contribution in [0.5, 0.6) is 0 Å². The van der Waals surface area contributed by atoms with Crippen molar-refractivity contribution in [2.45, 2.75) is 12.8 Å². The van der Waals surface area contributed by atoms with Crippen LogP contribution in [0, 0.1) is 0 Å². The van der Waals surface area contributed by atoms with Crippen LogP contribution in [0.25, 0.3) is 34.3 Å². The van der Waals surface area contributed by atoms with Crippen LogP contribution in [0.4, 0.5) is 5.69 Å². The largest absolute Gasteiger partial charge is 0.392 e. The summed E-state index contributed by atoms with van der Waals surface area (Å²) in [5.41, 5.74) is 9.02. The van der Waals surface area contributed by atoms with Crippen molar-refractivity contribution in [3.8, 4) is 22.6 Å². The molecule has 0 amide bonds. The molecule has 0 fully saturated rings. The maximum atomic E-state index is 9.00. The van der Waals surface area contributed by atoms with E-state index in [1.165, 1.54) is 17.0 Å². The van der Waals surface area contributed by atoms with Crippen molar-refractivity contribution in [2.75, 3.05) is 39.7 Å². The van der Waals surface area contributed by atoms with Crippen LogP contribution in [0.2, 0.25) is 0 Å². The SMILES string of the molecule is CN(C)C1=CC=C(c2nc(-c3ccc(/C=C/CO)cc3)[nH]c2-c2ccc(N(C)C)cc2)CC1. The van der Waals surface area contributed by atoms with Gasteiger partial charge in [0.25, 0.3) is 0 Å². The molecule has 1 aromatic heterocycles. The maximum Gasteiger partial charge on any atom is 0.138 e. The Bertz CT molecular complexity index is 1180. The van der Waals surface area contributed by atoms with E-state index >= 15 is 0 Å². The first kappa shape index (κ1) is 22.6. The molecule has 0 aliphatic heterocycles. The molecule has 170 valence electrons. The zero-order valence-electron chi connectivity index (χ0n) is 19.8. The van der Waals surface area contributed by atoms with E-state index < -0.39 is 0 Å². The normalized spacial score (nSPS) is 13.7. The van der Waals surface area contributed by atoms with Crippen LogP contribution >= 0.6 is 0 Å². The molecule has 0 saturated heterocycles. The zero-order valence-corrected chi connectivity index (χ0v) is 19.8. The molecule has 0 atom stereocenters. The molecule has 2 aromatic carbocycles. The molecular weight excluding hydrogens is 408 g/mol. The van der Waals surface area contributed by atoms with Crippen LogP contribution in [0.1, 0.15) is 24.1 Å². The Morgan fingerprint density at radius 1 is 0.879 bits per heavy atom. The van der Waals surface area contributed by atoms with Gasteiger partial charge in [0.1, 0.15) is 5.82 Å². The summed E-state index contributed by atoms with van der Waals surface area (Å²) in [4.78, 5) is 12.9. The predicted molar refractivity (Wildman–Crippen MR) is 139 cm³/mol. The topological polar surface area (TPSA) is 55.4 Å². The van der Waals surface area contributed by atoms with Crippen molar-refractivity contribution in [3.63, 3.8) is 0 Å². The lowest BCUT2D eigenvalue weighted by Crippen LogP contribution is -2.12. The summed E-state index contributed by atoms with van der Waals surface area (Å²) >= 11 is 0. The molecule has 0 spiro atoms. The van der Waals surface area contributed by atoms with E-state index in [4.69, 9.17) is 10.1 Å². The lowest BCUT2D eigenvalue weighted by Gasteiger charge is -2.21. The van der Waals surface area contributed by atoms with Gasteiger partial charge in [-0.3, -0.25) is 0 Å². The predicted octanol–water partition coefficient (Wildman–Crippen LogP) is 5.44. The fourth-order valence-corrected chi connectivity index (χ4v) is 4.01. The molecule has 1 aliphatic rings. The van der Waals surface area contributed by atoms with Crippen LogP contribution < -0.4 is 4.90 Å². The van der Waals surface area contributed by atoms with Crippen LogP contribution in [0.15, 0.2) is 72.5 Å². The van der Waals surface area contributed by atoms with Gasteiger partial charge in [-0.05, 0) is 42.2 Å². The van der Waals surface area contributed by atoms with Crippen molar-refractivity contribution in [1.82, 2.24) is 14.9 Å². The molecule has 1 aliphatic carbocycles. The fraction of sp³-hybridized carbons (Fsp3) is 0.250. The first-order valence-corrected chi connectivity index (χ1v) is 11.3. The average molecular weight is 441 g/mol. The summed E-state index contributed by atoms with van der Waals surface area (Å²) in [5.74, 6) is 0.859. The minimum Gasteiger partial charge on any atom is -0.392 e. The van der Waals surface area contributed by atoms with Gasteiger partial charge in [-0.1, -0.05) is 54.6 Å². The van der Waals surface area contributed by atoms with Gasteiger partial charge in [0.2, 0.25) is 0 Å². The Hall–Kier alpha value is -3.57. The van der Waals surface area contributed by atoms with E-state index in [1.54, 1.807) is 6.08 Å². The number of H-pyrrole nitrogens is 1. The average Bonchev–Trinajstić information content (AvgIpc) is 3.28. The highest BCUT2D eigenvalue weighted by molar-refractivity contribution is 5.81. The lowest BCUT2D eigenvalue weighted by atomic mass is 9.96. The van der Waals surface area contributed by atoms with Crippen molar-refractivity contribution in [1.29, 1.82) is 0 Å². The van der Waals surface area contributed by atoms with Gasteiger partial charge >= 0.3 is 0 Å².